The van der Waals surface area contributed by atoms with Crippen LogP contribution < -0.4 is 5.32 Å². The van der Waals surface area contributed by atoms with Crippen molar-refractivity contribution in [2.24, 2.45) is 20.0 Å². The SMILES string of the molecule is Cn1ccnc1C(NCc1nc2ccccc2n1C)C1CCOCC1. The number of benzene rings is 1. The molecule has 6 heteroatoms. The van der Waals surface area contributed by atoms with Crippen molar-refractivity contribution in [3.63, 3.8) is 0 Å². The average Bonchev–Trinajstić information content (AvgIpc) is 3.21. The molecule has 1 atom stereocenters. The number of rotatable bonds is 5. The Labute approximate surface area is 147 Å². The van der Waals surface area contributed by atoms with Gasteiger partial charge in [0, 0.05) is 39.7 Å². The summed E-state index contributed by atoms with van der Waals surface area (Å²) in [6, 6.07) is 8.47. The molecule has 1 aromatic carbocycles. The van der Waals surface area contributed by atoms with E-state index in [0.717, 1.165) is 49.8 Å². The van der Waals surface area contributed by atoms with E-state index in [4.69, 9.17) is 9.72 Å². The van der Waals surface area contributed by atoms with Crippen LogP contribution >= 0.6 is 0 Å². The number of hydrogen-bond acceptors (Lipinski definition) is 4. The van der Waals surface area contributed by atoms with Crippen molar-refractivity contribution in [1.29, 1.82) is 0 Å². The minimum Gasteiger partial charge on any atom is -0.381 e. The van der Waals surface area contributed by atoms with Crippen molar-refractivity contribution in [3.8, 4) is 0 Å². The minimum atomic E-state index is 0.212. The van der Waals surface area contributed by atoms with Gasteiger partial charge in [-0.1, -0.05) is 12.1 Å². The Morgan fingerprint density at radius 3 is 2.76 bits per heavy atom. The predicted octanol–water partition coefficient (Wildman–Crippen LogP) is 2.56. The van der Waals surface area contributed by atoms with Gasteiger partial charge in [-0.05, 0) is 30.9 Å². The van der Waals surface area contributed by atoms with Crippen molar-refractivity contribution in [2.75, 3.05) is 13.2 Å². The molecule has 2 aromatic heterocycles. The topological polar surface area (TPSA) is 56.9 Å². The molecule has 0 amide bonds. The Morgan fingerprint density at radius 1 is 1.24 bits per heavy atom. The van der Waals surface area contributed by atoms with Crippen LogP contribution in [0.3, 0.4) is 0 Å². The Bertz CT molecular complexity index is 846. The quantitative estimate of drug-likeness (QED) is 0.776. The molecule has 3 aromatic rings. The molecule has 0 aliphatic carbocycles. The molecule has 3 heterocycles. The lowest BCUT2D eigenvalue weighted by Gasteiger charge is -2.30. The number of fused-ring (bicyclic) bond motifs is 1. The summed E-state index contributed by atoms with van der Waals surface area (Å²) < 4.78 is 9.83. The molecule has 1 fully saturated rings. The van der Waals surface area contributed by atoms with Crippen molar-refractivity contribution >= 4 is 11.0 Å². The monoisotopic (exact) mass is 339 g/mol. The Balaban J connectivity index is 1.57. The Hall–Kier alpha value is -2.18. The van der Waals surface area contributed by atoms with Crippen molar-refractivity contribution in [3.05, 3.63) is 48.3 Å². The van der Waals surface area contributed by atoms with Gasteiger partial charge >= 0.3 is 0 Å². The molecule has 0 radical (unpaired) electrons. The van der Waals surface area contributed by atoms with E-state index < -0.39 is 0 Å². The number of imidazole rings is 2. The van der Waals surface area contributed by atoms with Gasteiger partial charge in [-0.15, -0.1) is 0 Å². The van der Waals surface area contributed by atoms with Gasteiger partial charge in [0.05, 0.1) is 23.6 Å². The lowest BCUT2D eigenvalue weighted by Crippen LogP contribution is -2.34. The molecule has 4 rings (SSSR count). The van der Waals surface area contributed by atoms with Crippen LogP contribution in [0, 0.1) is 5.92 Å². The first-order chi connectivity index (χ1) is 12.2. The number of aryl methyl sites for hydroxylation is 2. The summed E-state index contributed by atoms with van der Waals surface area (Å²) in [5, 5.41) is 3.73. The van der Waals surface area contributed by atoms with E-state index in [9.17, 15) is 0 Å². The van der Waals surface area contributed by atoms with Gasteiger partial charge in [0.15, 0.2) is 0 Å². The second kappa shape index (κ2) is 6.98. The third-order valence-corrected chi connectivity index (χ3v) is 5.23. The van der Waals surface area contributed by atoms with Crippen LogP contribution in [0.2, 0.25) is 0 Å². The van der Waals surface area contributed by atoms with E-state index in [1.54, 1.807) is 0 Å². The summed E-state index contributed by atoms with van der Waals surface area (Å²) in [6.07, 6.45) is 6.01. The fourth-order valence-electron chi connectivity index (χ4n) is 3.75. The maximum Gasteiger partial charge on any atom is 0.125 e. The van der Waals surface area contributed by atoms with Crippen molar-refractivity contribution in [2.45, 2.75) is 25.4 Å². The summed E-state index contributed by atoms with van der Waals surface area (Å²) in [5.74, 6) is 2.67. The summed E-state index contributed by atoms with van der Waals surface area (Å²) >= 11 is 0. The highest BCUT2D eigenvalue weighted by molar-refractivity contribution is 5.75. The molecule has 25 heavy (non-hydrogen) atoms. The molecule has 132 valence electrons. The molecule has 0 bridgehead atoms. The third-order valence-electron chi connectivity index (χ3n) is 5.23. The molecule has 0 saturated carbocycles. The summed E-state index contributed by atoms with van der Waals surface area (Å²) in [6.45, 7) is 2.39. The summed E-state index contributed by atoms with van der Waals surface area (Å²) in [7, 11) is 4.14. The second-order valence-corrected chi connectivity index (χ2v) is 6.78. The second-order valence-electron chi connectivity index (χ2n) is 6.78. The first kappa shape index (κ1) is 16.3. The molecule has 1 aliphatic heterocycles. The van der Waals surface area contributed by atoms with E-state index >= 15 is 0 Å². The Morgan fingerprint density at radius 2 is 2.04 bits per heavy atom. The molecule has 1 unspecified atom stereocenters. The summed E-state index contributed by atoms with van der Waals surface area (Å²) in [5.41, 5.74) is 2.21. The lowest BCUT2D eigenvalue weighted by molar-refractivity contribution is 0.0517. The number of nitrogens with zero attached hydrogens (tertiary/aromatic N) is 4. The van der Waals surface area contributed by atoms with E-state index in [1.807, 2.05) is 18.5 Å². The van der Waals surface area contributed by atoms with Crippen molar-refractivity contribution < 1.29 is 4.74 Å². The van der Waals surface area contributed by atoms with Gasteiger partial charge in [-0.25, -0.2) is 9.97 Å². The minimum absolute atomic E-state index is 0.212. The molecule has 6 nitrogen and oxygen atoms in total. The number of hydrogen-bond donors (Lipinski definition) is 1. The number of ether oxygens (including phenoxy) is 1. The largest absolute Gasteiger partial charge is 0.381 e. The van der Waals surface area contributed by atoms with Crippen LogP contribution in [0.4, 0.5) is 0 Å². The third kappa shape index (κ3) is 3.19. The van der Waals surface area contributed by atoms with E-state index in [0.29, 0.717) is 5.92 Å². The molecule has 1 N–H and O–H groups in total. The average molecular weight is 339 g/mol. The van der Waals surface area contributed by atoms with Gasteiger partial charge < -0.3 is 19.2 Å². The van der Waals surface area contributed by atoms with Gasteiger partial charge in [0.2, 0.25) is 0 Å². The van der Waals surface area contributed by atoms with Crippen LogP contribution in [0.15, 0.2) is 36.7 Å². The molecule has 0 spiro atoms. The van der Waals surface area contributed by atoms with Crippen LogP contribution in [0.5, 0.6) is 0 Å². The zero-order valence-electron chi connectivity index (χ0n) is 14.9. The van der Waals surface area contributed by atoms with Gasteiger partial charge in [0.1, 0.15) is 11.6 Å². The maximum atomic E-state index is 5.55. The predicted molar refractivity (Wildman–Crippen MR) is 97.0 cm³/mol. The number of para-hydroxylation sites is 2. The smallest absolute Gasteiger partial charge is 0.125 e. The normalized spacial score (nSPS) is 17.2. The van der Waals surface area contributed by atoms with E-state index in [-0.39, 0.29) is 6.04 Å². The van der Waals surface area contributed by atoms with Gasteiger partial charge in [-0.3, -0.25) is 0 Å². The fourth-order valence-corrected chi connectivity index (χ4v) is 3.75. The zero-order valence-corrected chi connectivity index (χ0v) is 14.9. The lowest BCUT2D eigenvalue weighted by atomic mass is 9.91. The van der Waals surface area contributed by atoms with Crippen molar-refractivity contribution in [1.82, 2.24) is 24.4 Å². The van der Waals surface area contributed by atoms with Crippen LogP contribution in [-0.2, 0) is 25.4 Å². The van der Waals surface area contributed by atoms with Crippen LogP contribution in [0.1, 0.15) is 30.5 Å². The highest BCUT2D eigenvalue weighted by Crippen LogP contribution is 2.29. The molecule has 1 saturated heterocycles. The highest BCUT2D eigenvalue weighted by atomic mass is 16.5. The van der Waals surface area contributed by atoms with Gasteiger partial charge in [0.25, 0.3) is 0 Å². The fraction of sp³-hybridized carbons (Fsp3) is 0.474. The van der Waals surface area contributed by atoms with E-state index in [1.165, 1.54) is 5.52 Å². The first-order valence-corrected chi connectivity index (χ1v) is 8.92. The highest BCUT2D eigenvalue weighted by Gasteiger charge is 2.28. The standard InChI is InChI=1S/C19H25N5O/c1-23-10-9-20-19(23)18(14-7-11-25-12-8-14)21-13-17-22-15-5-3-4-6-16(15)24(17)2/h3-6,9-10,14,18,21H,7-8,11-13H2,1-2H3. The van der Waals surface area contributed by atoms with Gasteiger partial charge in [-0.2, -0.15) is 0 Å². The number of nitrogens with one attached hydrogen (secondary N) is 1. The van der Waals surface area contributed by atoms with Crippen LogP contribution in [0.25, 0.3) is 11.0 Å². The molecule has 1 aliphatic rings. The molecular weight excluding hydrogens is 314 g/mol. The van der Waals surface area contributed by atoms with Crippen LogP contribution in [-0.4, -0.2) is 32.3 Å². The summed E-state index contributed by atoms with van der Waals surface area (Å²) in [4.78, 5) is 9.38. The first-order valence-electron chi connectivity index (χ1n) is 8.92. The Kier molecular flexibility index (Phi) is 4.55. The zero-order chi connectivity index (χ0) is 17.2. The maximum absolute atomic E-state index is 5.55. The number of aromatic nitrogens is 4. The molecular formula is C19H25N5O. The van der Waals surface area contributed by atoms with E-state index in [2.05, 4.69) is 51.7 Å².